The summed E-state index contributed by atoms with van der Waals surface area (Å²) in [5.74, 6) is 2.65. The predicted octanol–water partition coefficient (Wildman–Crippen LogP) is 3.52. The van der Waals surface area contributed by atoms with E-state index >= 15 is 0 Å². The lowest BCUT2D eigenvalue weighted by atomic mass is 10.1. The van der Waals surface area contributed by atoms with E-state index in [0.29, 0.717) is 12.6 Å². The molecule has 2 aromatic rings. The van der Waals surface area contributed by atoms with Crippen molar-refractivity contribution in [1.29, 1.82) is 0 Å². The van der Waals surface area contributed by atoms with Crippen LogP contribution in [-0.4, -0.2) is 67.4 Å². The molecule has 0 unspecified atom stereocenters. The molecule has 1 N–H and O–H groups in total. The van der Waals surface area contributed by atoms with Crippen LogP contribution in [0.1, 0.15) is 36.9 Å². The Kier molecular flexibility index (Phi) is 9.46. The third-order valence-electron chi connectivity index (χ3n) is 6.07. The number of hydrogen-bond donors (Lipinski definition) is 1. The number of rotatable bonds is 7. The van der Waals surface area contributed by atoms with Crippen molar-refractivity contribution in [3.8, 4) is 11.5 Å². The highest BCUT2D eigenvalue weighted by atomic mass is 127. The zero-order valence-electron chi connectivity index (χ0n) is 19.0. The van der Waals surface area contributed by atoms with Crippen LogP contribution in [0.2, 0.25) is 0 Å². The molecule has 1 saturated heterocycles. The van der Waals surface area contributed by atoms with Gasteiger partial charge < -0.3 is 24.2 Å². The monoisotopic (exact) mass is 555 g/mol. The molecular formula is C23H34IN5O3. The summed E-state index contributed by atoms with van der Waals surface area (Å²) >= 11 is 0. The maximum absolute atomic E-state index is 6.33. The lowest BCUT2D eigenvalue weighted by molar-refractivity contribution is 0.169. The molecule has 0 radical (unpaired) electrons. The maximum atomic E-state index is 6.33. The predicted molar refractivity (Wildman–Crippen MR) is 135 cm³/mol. The van der Waals surface area contributed by atoms with E-state index in [1.54, 1.807) is 13.4 Å². The summed E-state index contributed by atoms with van der Waals surface area (Å²) in [5.41, 5.74) is 2.10. The second kappa shape index (κ2) is 12.3. The van der Waals surface area contributed by atoms with E-state index in [0.717, 1.165) is 74.3 Å². The third kappa shape index (κ3) is 6.50. The zero-order valence-corrected chi connectivity index (χ0v) is 21.3. The summed E-state index contributed by atoms with van der Waals surface area (Å²) in [6, 6.07) is 8.00. The smallest absolute Gasteiger partial charge is 0.194 e. The van der Waals surface area contributed by atoms with Gasteiger partial charge in [0.25, 0.3) is 0 Å². The van der Waals surface area contributed by atoms with Crippen molar-refractivity contribution < 1.29 is 14.0 Å². The number of nitrogens with zero attached hydrogens (tertiary/aromatic N) is 4. The summed E-state index contributed by atoms with van der Waals surface area (Å²) in [5, 5.41) is 7.54. The van der Waals surface area contributed by atoms with E-state index < -0.39 is 0 Å². The van der Waals surface area contributed by atoms with Crippen LogP contribution in [0.3, 0.4) is 0 Å². The van der Waals surface area contributed by atoms with Crippen molar-refractivity contribution in [1.82, 2.24) is 20.3 Å². The molecule has 0 spiro atoms. The first-order valence-electron chi connectivity index (χ1n) is 11.2. The lowest BCUT2D eigenvalue weighted by Crippen LogP contribution is -2.52. The van der Waals surface area contributed by atoms with Crippen LogP contribution in [0.15, 0.2) is 40.0 Å². The Morgan fingerprint density at radius 3 is 2.62 bits per heavy atom. The van der Waals surface area contributed by atoms with Gasteiger partial charge in [-0.05, 0) is 37.8 Å². The van der Waals surface area contributed by atoms with Gasteiger partial charge in [0.1, 0.15) is 17.8 Å². The third-order valence-corrected chi connectivity index (χ3v) is 6.07. The normalized spacial score (nSPS) is 17.8. The Morgan fingerprint density at radius 1 is 1.19 bits per heavy atom. The van der Waals surface area contributed by atoms with Crippen molar-refractivity contribution in [2.24, 2.45) is 4.99 Å². The number of hydrogen-bond acceptors (Lipinski definition) is 6. The average Bonchev–Trinajstić information content (AvgIpc) is 3.50. The van der Waals surface area contributed by atoms with Gasteiger partial charge in [0.2, 0.25) is 0 Å². The van der Waals surface area contributed by atoms with E-state index in [1.165, 1.54) is 12.8 Å². The molecule has 1 aromatic carbocycles. The van der Waals surface area contributed by atoms with E-state index in [4.69, 9.17) is 14.0 Å². The molecule has 2 heterocycles. The van der Waals surface area contributed by atoms with Gasteiger partial charge in [-0.3, -0.25) is 9.89 Å². The Hall–Kier alpha value is -2.01. The molecule has 176 valence electrons. The van der Waals surface area contributed by atoms with Crippen LogP contribution in [0.5, 0.6) is 11.5 Å². The molecule has 0 atom stereocenters. The number of ether oxygens (including phenoxy) is 2. The fraction of sp³-hybridized carbons (Fsp3) is 0.565. The minimum Gasteiger partial charge on any atom is -0.497 e. The largest absolute Gasteiger partial charge is 0.497 e. The molecule has 32 heavy (non-hydrogen) atoms. The molecule has 1 saturated carbocycles. The highest BCUT2D eigenvalue weighted by molar-refractivity contribution is 14.0. The molecule has 2 aliphatic rings. The van der Waals surface area contributed by atoms with Gasteiger partial charge in [-0.1, -0.05) is 5.16 Å². The Labute approximate surface area is 207 Å². The number of piperazine rings is 1. The standard InChI is InChI=1S/C23H33N5O3.HI/c1-24-23(28-12-10-27(11-13-28)17-19-9-14-30-26-19)25-16-18-7-8-21(29-2)15-22(18)31-20-5-3-4-6-20;/h7-9,14-15,20H,3-6,10-13,16-17H2,1-2H3,(H,24,25);1H. The fourth-order valence-corrected chi connectivity index (χ4v) is 4.28. The molecule has 8 nitrogen and oxygen atoms in total. The molecule has 0 bridgehead atoms. The van der Waals surface area contributed by atoms with Crippen LogP contribution in [0.25, 0.3) is 0 Å². The number of benzene rings is 1. The number of guanidine groups is 1. The second-order valence-corrected chi connectivity index (χ2v) is 8.15. The van der Waals surface area contributed by atoms with E-state index in [2.05, 4.69) is 31.3 Å². The molecule has 4 rings (SSSR count). The lowest BCUT2D eigenvalue weighted by Gasteiger charge is -2.36. The molecule has 1 aliphatic carbocycles. The van der Waals surface area contributed by atoms with Crippen molar-refractivity contribution in [2.45, 2.75) is 44.9 Å². The molecular weight excluding hydrogens is 521 g/mol. The molecule has 1 aromatic heterocycles. The molecule has 9 heteroatoms. The quantitative estimate of drug-likeness (QED) is 0.319. The number of nitrogens with one attached hydrogen (secondary N) is 1. The Morgan fingerprint density at radius 2 is 1.97 bits per heavy atom. The highest BCUT2D eigenvalue weighted by Gasteiger charge is 2.22. The van der Waals surface area contributed by atoms with Gasteiger partial charge in [0.15, 0.2) is 5.96 Å². The summed E-state index contributed by atoms with van der Waals surface area (Å²) in [6.45, 7) is 5.26. The highest BCUT2D eigenvalue weighted by Crippen LogP contribution is 2.30. The minimum atomic E-state index is 0. The van der Waals surface area contributed by atoms with Gasteiger partial charge in [-0.25, -0.2) is 0 Å². The molecule has 0 amide bonds. The van der Waals surface area contributed by atoms with Crippen molar-refractivity contribution in [3.63, 3.8) is 0 Å². The SMILES string of the molecule is CN=C(NCc1ccc(OC)cc1OC1CCCC1)N1CCN(Cc2ccon2)CC1.I. The van der Waals surface area contributed by atoms with Crippen LogP contribution in [0, 0.1) is 0 Å². The summed E-state index contributed by atoms with van der Waals surface area (Å²) in [4.78, 5) is 9.21. The summed E-state index contributed by atoms with van der Waals surface area (Å²) < 4.78 is 16.7. The van der Waals surface area contributed by atoms with Gasteiger partial charge in [-0.15, -0.1) is 24.0 Å². The minimum absolute atomic E-state index is 0. The first kappa shape index (κ1) is 24.6. The topological polar surface area (TPSA) is 75.4 Å². The zero-order chi connectivity index (χ0) is 21.5. The van der Waals surface area contributed by atoms with Crippen LogP contribution < -0.4 is 14.8 Å². The second-order valence-electron chi connectivity index (χ2n) is 8.15. The average molecular weight is 555 g/mol. The first-order chi connectivity index (χ1) is 15.2. The number of methoxy groups -OCH3 is 1. The maximum Gasteiger partial charge on any atom is 0.194 e. The Balaban J connectivity index is 0.00000289. The summed E-state index contributed by atoms with van der Waals surface area (Å²) in [6.07, 6.45) is 6.69. The summed E-state index contributed by atoms with van der Waals surface area (Å²) in [7, 11) is 3.53. The Bertz CT molecular complexity index is 847. The van der Waals surface area contributed by atoms with Crippen molar-refractivity contribution in [2.75, 3.05) is 40.3 Å². The number of aliphatic imine (C=N–C) groups is 1. The van der Waals surface area contributed by atoms with Gasteiger partial charge in [0.05, 0.1) is 18.9 Å². The molecule has 1 aliphatic heterocycles. The van der Waals surface area contributed by atoms with E-state index in [1.807, 2.05) is 25.2 Å². The van der Waals surface area contributed by atoms with Crippen LogP contribution in [-0.2, 0) is 13.1 Å². The number of aromatic nitrogens is 1. The van der Waals surface area contributed by atoms with Crippen molar-refractivity contribution >= 4 is 29.9 Å². The van der Waals surface area contributed by atoms with Gasteiger partial charge in [-0.2, -0.15) is 0 Å². The number of halogens is 1. The fourth-order valence-electron chi connectivity index (χ4n) is 4.28. The van der Waals surface area contributed by atoms with Crippen LogP contribution in [0.4, 0.5) is 0 Å². The first-order valence-corrected chi connectivity index (χ1v) is 11.2. The van der Waals surface area contributed by atoms with Gasteiger partial charge in [0, 0.05) is 64.0 Å². The van der Waals surface area contributed by atoms with Crippen molar-refractivity contribution in [3.05, 3.63) is 41.8 Å². The van der Waals surface area contributed by atoms with E-state index in [-0.39, 0.29) is 24.0 Å². The molecule has 2 fully saturated rings. The van der Waals surface area contributed by atoms with E-state index in [9.17, 15) is 0 Å². The van der Waals surface area contributed by atoms with Gasteiger partial charge >= 0.3 is 0 Å². The van der Waals surface area contributed by atoms with Crippen LogP contribution >= 0.6 is 24.0 Å².